The van der Waals surface area contributed by atoms with Crippen LogP contribution in [0.3, 0.4) is 0 Å². The van der Waals surface area contributed by atoms with E-state index in [9.17, 15) is 0 Å². The fourth-order valence-electron chi connectivity index (χ4n) is 2.62. The number of piperidine rings is 1. The van der Waals surface area contributed by atoms with Crippen molar-refractivity contribution >= 4 is 11.6 Å². The summed E-state index contributed by atoms with van der Waals surface area (Å²) in [4.78, 5) is 11.3. The molecule has 2 heterocycles. The summed E-state index contributed by atoms with van der Waals surface area (Å²) < 4.78 is 0. The lowest BCUT2D eigenvalue weighted by Crippen LogP contribution is -2.42. The molecule has 0 amide bonds. The summed E-state index contributed by atoms with van der Waals surface area (Å²) in [5.41, 5.74) is 3.70. The molecular formula is C13H23N5. The topological polar surface area (TPSA) is 67.1 Å². The molecule has 1 aromatic heterocycles. The number of aryl methyl sites for hydroxylation is 1. The molecule has 0 saturated carbocycles. The number of nitrogens with one attached hydrogen (secondary N) is 1. The molecule has 1 fully saturated rings. The summed E-state index contributed by atoms with van der Waals surface area (Å²) in [6, 6.07) is 0.528. The number of nitrogens with zero attached hydrogens (tertiary/aromatic N) is 3. The molecule has 5 nitrogen and oxygen atoms in total. The van der Waals surface area contributed by atoms with Crippen LogP contribution in [0.4, 0.5) is 11.6 Å². The van der Waals surface area contributed by atoms with Gasteiger partial charge in [0.1, 0.15) is 17.5 Å². The number of nitrogens with two attached hydrogens (primary N) is 1. The van der Waals surface area contributed by atoms with Crippen molar-refractivity contribution in [2.75, 3.05) is 16.9 Å². The van der Waals surface area contributed by atoms with Crippen molar-refractivity contribution in [3.63, 3.8) is 0 Å². The molecule has 0 radical (unpaired) electrons. The van der Waals surface area contributed by atoms with Crippen molar-refractivity contribution in [2.45, 2.75) is 46.6 Å². The normalized spacial score (nSPS) is 24.2. The van der Waals surface area contributed by atoms with E-state index < -0.39 is 0 Å². The molecule has 2 atom stereocenters. The highest BCUT2D eigenvalue weighted by molar-refractivity contribution is 5.58. The van der Waals surface area contributed by atoms with E-state index in [1.807, 2.05) is 13.8 Å². The minimum absolute atomic E-state index is 0.528. The van der Waals surface area contributed by atoms with Crippen LogP contribution in [-0.2, 0) is 0 Å². The van der Waals surface area contributed by atoms with E-state index in [1.54, 1.807) is 0 Å². The Kier molecular flexibility index (Phi) is 3.71. The van der Waals surface area contributed by atoms with Crippen LogP contribution in [0.5, 0.6) is 0 Å². The Morgan fingerprint density at radius 1 is 1.22 bits per heavy atom. The fourth-order valence-corrected chi connectivity index (χ4v) is 2.62. The fraction of sp³-hybridized carbons (Fsp3) is 0.692. The number of hydrogen-bond acceptors (Lipinski definition) is 5. The van der Waals surface area contributed by atoms with Crippen LogP contribution >= 0.6 is 0 Å². The lowest BCUT2D eigenvalue weighted by atomic mass is 9.95. The van der Waals surface area contributed by atoms with Gasteiger partial charge in [-0.05, 0) is 39.5 Å². The Bertz CT molecular complexity index is 432. The Labute approximate surface area is 109 Å². The summed E-state index contributed by atoms with van der Waals surface area (Å²) in [7, 11) is 0. The Morgan fingerprint density at radius 3 is 2.61 bits per heavy atom. The average molecular weight is 249 g/mol. The van der Waals surface area contributed by atoms with Crippen molar-refractivity contribution in [1.82, 2.24) is 9.97 Å². The summed E-state index contributed by atoms with van der Waals surface area (Å²) in [6.45, 7) is 9.54. The van der Waals surface area contributed by atoms with Gasteiger partial charge in [0, 0.05) is 18.2 Å². The average Bonchev–Trinajstić information content (AvgIpc) is 2.35. The lowest BCUT2D eigenvalue weighted by molar-refractivity contribution is 0.387. The minimum atomic E-state index is 0.528. The first-order valence-corrected chi connectivity index (χ1v) is 6.61. The van der Waals surface area contributed by atoms with Crippen LogP contribution < -0.4 is 16.2 Å². The molecule has 5 heteroatoms. The Morgan fingerprint density at radius 2 is 1.94 bits per heavy atom. The molecule has 100 valence electrons. The number of hydrazine groups is 1. The summed E-state index contributed by atoms with van der Waals surface area (Å²) in [6.07, 6.45) is 2.51. The second-order valence-electron chi connectivity index (χ2n) is 5.40. The van der Waals surface area contributed by atoms with Crippen molar-refractivity contribution in [3.8, 4) is 0 Å². The molecule has 0 bridgehead atoms. The zero-order valence-corrected chi connectivity index (χ0v) is 11.7. The second-order valence-corrected chi connectivity index (χ2v) is 5.40. The van der Waals surface area contributed by atoms with Gasteiger partial charge in [0.25, 0.3) is 0 Å². The number of nitrogen functional groups attached to an aromatic ring is 1. The van der Waals surface area contributed by atoms with Crippen LogP contribution in [0.15, 0.2) is 0 Å². The van der Waals surface area contributed by atoms with E-state index in [1.165, 1.54) is 12.8 Å². The van der Waals surface area contributed by atoms with Gasteiger partial charge in [0.05, 0.1) is 0 Å². The summed E-state index contributed by atoms with van der Waals surface area (Å²) in [5.74, 6) is 8.74. The van der Waals surface area contributed by atoms with Crippen LogP contribution in [-0.4, -0.2) is 22.6 Å². The van der Waals surface area contributed by atoms with Crippen molar-refractivity contribution < 1.29 is 0 Å². The van der Waals surface area contributed by atoms with E-state index in [4.69, 9.17) is 5.84 Å². The molecular weight excluding hydrogens is 226 g/mol. The van der Waals surface area contributed by atoms with Gasteiger partial charge in [0.2, 0.25) is 0 Å². The van der Waals surface area contributed by atoms with E-state index in [2.05, 4.69) is 34.1 Å². The van der Waals surface area contributed by atoms with Gasteiger partial charge >= 0.3 is 0 Å². The highest BCUT2D eigenvalue weighted by Gasteiger charge is 2.26. The molecule has 2 unspecified atom stereocenters. The van der Waals surface area contributed by atoms with Crippen molar-refractivity contribution in [1.29, 1.82) is 0 Å². The Balaban J connectivity index is 2.39. The van der Waals surface area contributed by atoms with E-state index in [0.717, 1.165) is 29.6 Å². The SMILES string of the molecule is Cc1nc(NN)c(C)c(N2CC(C)CCC2C)n1. The van der Waals surface area contributed by atoms with E-state index >= 15 is 0 Å². The molecule has 0 spiro atoms. The monoisotopic (exact) mass is 249 g/mol. The first kappa shape index (κ1) is 13.1. The molecule has 18 heavy (non-hydrogen) atoms. The maximum Gasteiger partial charge on any atom is 0.148 e. The smallest absolute Gasteiger partial charge is 0.148 e. The molecule has 1 aromatic rings. The van der Waals surface area contributed by atoms with Crippen molar-refractivity contribution in [3.05, 3.63) is 11.4 Å². The van der Waals surface area contributed by atoms with Gasteiger partial charge < -0.3 is 10.3 Å². The highest BCUT2D eigenvalue weighted by Crippen LogP contribution is 2.30. The quantitative estimate of drug-likeness (QED) is 0.620. The van der Waals surface area contributed by atoms with Gasteiger partial charge in [-0.15, -0.1) is 0 Å². The number of aromatic nitrogens is 2. The summed E-state index contributed by atoms with van der Waals surface area (Å²) >= 11 is 0. The standard InChI is InChI=1S/C13H23N5/c1-8-5-6-9(2)18(7-8)13-10(3)12(17-14)15-11(4)16-13/h8-9H,5-7,14H2,1-4H3,(H,15,16,17). The van der Waals surface area contributed by atoms with Crippen LogP contribution in [0.25, 0.3) is 0 Å². The van der Waals surface area contributed by atoms with Crippen LogP contribution in [0, 0.1) is 19.8 Å². The molecule has 1 aliphatic heterocycles. The first-order valence-electron chi connectivity index (χ1n) is 6.61. The van der Waals surface area contributed by atoms with Gasteiger partial charge in [0.15, 0.2) is 0 Å². The van der Waals surface area contributed by atoms with Gasteiger partial charge in [-0.1, -0.05) is 6.92 Å². The number of anilines is 2. The molecule has 1 aliphatic rings. The number of hydrogen-bond donors (Lipinski definition) is 2. The van der Waals surface area contributed by atoms with Crippen LogP contribution in [0.1, 0.15) is 38.1 Å². The zero-order valence-electron chi connectivity index (χ0n) is 11.7. The first-order chi connectivity index (χ1) is 8.52. The maximum absolute atomic E-state index is 5.52. The van der Waals surface area contributed by atoms with E-state index in [0.29, 0.717) is 12.0 Å². The lowest BCUT2D eigenvalue weighted by Gasteiger charge is -2.38. The second kappa shape index (κ2) is 5.10. The van der Waals surface area contributed by atoms with Gasteiger partial charge in [-0.3, -0.25) is 0 Å². The largest absolute Gasteiger partial charge is 0.353 e. The van der Waals surface area contributed by atoms with E-state index in [-0.39, 0.29) is 0 Å². The summed E-state index contributed by atoms with van der Waals surface area (Å²) in [5, 5.41) is 0. The predicted molar refractivity (Wildman–Crippen MR) is 74.5 cm³/mol. The van der Waals surface area contributed by atoms with Crippen LogP contribution in [0.2, 0.25) is 0 Å². The predicted octanol–water partition coefficient (Wildman–Crippen LogP) is 2.00. The third-order valence-electron chi connectivity index (χ3n) is 3.76. The number of rotatable bonds is 2. The highest BCUT2D eigenvalue weighted by atomic mass is 15.3. The maximum atomic E-state index is 5.52. The molecule has 2 rings (SSSR count). The third kappa shape index (κ3) is 2.41. The third-order valence-corrected chi connectivity index (χ3v) is 3.76. The Hall–Kier alpha value is -1.36. The van der Waals surface area contributed by atoms with Crippen molar-refractivity contribution in [2.24, 2.45) is 11.8 Å². The van der Waals surface area contributed by atoms with Gasteiger partial charge in [-0.2, -0.15) is 0 Å². The molecule has 0 aliphatic carbocycles. The van der Waals surface area contributed by atoms with Gasteiger partial charge in [-0.25, -0.2) is 15.8 Å². The minimum Gasteiger partial charge on any atom is -0.353 e. The zero-order chi connectivity index (χ0) is 13.3. The molecule has 3 N–H and O–H groups in total. The molecule has 0 aromatic carbocycles. The molecule has 1 saturated heterocycles.